The van der Waals surface area contributed by atoms with Crippen molar-refractivity contribution in [1.82, 2.24) is 4.98 Å². The molecule has 0 aliphatic carbocycles. The van der Waals surface area contributed by atoms with E-state index in [-0.39, 0.29) is 5.81 Å². The van der Waals surface area contributed by atoms with Gasteiger partial charge in [-0.3, -0.25) is 9.78 Å². The van der Waals surface area contributed by atoms with Gasteiger partial charge in [0, 0.05) is 23.6 Å². The van der Waals surface area contributed by atoms with E-state index < -0.39 is 6.10 Å². The first-order chi connectivity index (χ1) is 8.68. The predicted octanol–water partition coefficient (Wildman–Crippen LogP) is 1.33. The second-order valence-electron chi connectivity index (χ2n) is 3.95. The van der Waals surface area contributed by atoms with Gasteiger partial charge < -0.3 is 10.4 Å². The number of aliphatic hydroxyl groups is 1. The number of pyridine rings is 1. The van der Waals surface area contributed by atoms with E-state index in [1.54, 1.807) is 36.7 Å². The summed E-state index contributed by atoms with van der Waals surface area (Å²) >= 11 is 0. The van der Waals surface area contributed by atoms with Crippen LogP contribution in [0.15, 0.2) is 48.8 Å². The largest absolute Gasteiger partial charge is 0.384 e. The van der Waals surface area contributed by atoms with Gasteiger partial charge in [-0.05, 0) is 23.8 Å². The first-order valence-electron chi connectivity index (χ1n) is 5.63. The van der Waals surface area contributed by atoms with E-state index in [1.165, 1.54) is 7.85 Å². The number of nitrogens with zero attached hydrogens (tertiary/aromatic N) is 1. The fraction of sp³-hybridized carbons (Fsp3) is 0.0769. The average molecular weight is 240 g/mol. The Hall–Kier alpha value is -2.14. The highest BCUT2D eigenvalue weighted by Gasteiger charge is 2.14. The van der Waals surface area contributed by atoms with E-state index in [2.05, 4.69) is 10.3 Å². The molecule has 0 saturated heterocycles. The third-order valence-corrected chi connectivity index (χ3v) is 2.59. The van der Waals surface area contributed by atoms with Crippen LogP contribution in [-0.4, -0.2) is 23.7 Å². The van der Waals surface area contributed by atoms with Gasteiger partial charge in [0.05, 0.1) is 0 Å². The van der Waals surface area contributed by atoms with Gasteiger partial charge in [-0.2, -0.15) is 0 Å². The zero-order valence-electron chi connectivity index (χ0n) is 10.00. The molecule has 0 fully saturated rings. The van der Waals surface area contributed by atoms with E-state index in [0.717, 1.165) is 5.56 Å². The topological polar surface area (TPSA) is 62.2 Å². The summed E-state index contributed by atoms with van der Waals surface area (Å²) in [5, 5.41) is 13.0. The van der Waals surface area contributed by atoms with Crippen LogP contribution < -0.4 is 5.32 Å². The van der Waals surface area contributed by atoms with Crippen LogP contribution in [0.2, 0.25) is 0 Å². The normalized spacial score (nSPS) is 11.8. The van der Waals surface area contributed by atoms with Crippen LogP contribution in [0.5, 0.6) is 0 Å². The number of nitrogens with one attached hydrogen (secondary N) is 1. The number of para-hydroxylation sites is 1. The van der Waals surface area contributed by atoms with Crippen LogP contribution in [-0.2, 0) is 0 Å². The van der Waals surface area contributed by atoms with E-state index in [4.69, 9.17) is 0 Å². The maximum absolute atomic E-state index is 11.1. The Morgan fingerprint density at radius 1 is 1.22 bits per heavy atom. The molecule has 2 N–H and O–H groups in total. The highest BCUT2D eigenvalue weighted by molar-refractivity contribution is 6.60. The number of aliphatic hydroxyl groups excluding tert-OH is 1. The monoisotopic (exact) mass is 240 g/mol. The molecule has 1 aromatic heterocycles. The molecule has 0 bridgehead atoms. The molecule has 1 amide bonds. The number of anilines is 1. The summed E-state index contributed by atoms with van der Waals surface area (Å²) in [5.74, 6) is -0.163. The molecule has 0 saturated carbocycles. The lowest BCUT2D eigenvalue weighted by Crippen LogP contribution is -2.12. The average Bonchev–Trinajstić information content (AvgIpc) is 2.39. The number of hydrogen-bond donors (Lipinski definition) is 2. The van der Waals surface area contributed by atoms with Crippen molar-refractivity contribution in [2.24, 2.45) is 0 Å². The molecule has 1 unspecified atom stereocenters. The van der Waals surface area contributed by atoms with Crippen LogP contribution >= 0.6 is 0 Å². The molecular weight excluding hydrogens is 227 g/mol. The predicted molar refractivity (Wildman–Crippen MR) is 72.3 cm³/mol. The molecule has 0 aliphatic heterocycles. The van der Waals surface area contributed by atoms with Gasteiger partial charge in [0.1, 0.15) is 6.10 Å². The molecule has 0 aliphatic rings. The summed E-state index contributed by atoms with van der Waals surface area (Å²) < 4.78 is 0. The summed E-state index contributed by atoms with van der Waals surface area (Å²) in [5.41, 5.74) is 2.02. The minimum absolute atomic E-state index is 0.163. The maximum Gasteiger partial charge on any atom is 0.216 e. The van der Waals surface area contributed by atoms with Gasteiger partial charge in [0.15, 0.2) is 5.81 Å². The molecule has 2 rings (SSSR count). The zero-order valence-corrected chi connectivity index (χ0v) is 10.00. The van der Waals surface area contributed by atoms with Gasteiger partial charge >= 0.3 is 0 Å². The Balaban J connectivity index is 2.36. The summed E-state index contributed by atoms with van der Waals surface area (Å²) in [6, 6.07) is 10.7. The highest BCUT2D eigenvalue weighted by Crippen LogP contribution is 2.27. The van der Waals surface area contributed by atoms with Crippen molar-refractivity contribution in [2.45, 2.75) is 6.10 Å². The smallest absolute Gasteiger partial charge is 0.216 e. The number of aromatic nitrogens is 1. The van der Waals surface area contributed by atoms with Gasteiger partial charge in [-0.15, -0.1) is 0 Å². The van der Waals surface area contributed by atoms with Gasteiger partial charge in [-0.25, -0.2) is 0 Å². The van der Waals surface area contributed by atoms with Crippen molar-refractivity contribution in [3.63, 3.8) is 0 Å². The van der Waals surface area contributed by atoms with Crippen molar-refractivity contribution >= 4 is 19.3 Å². The lowest BCUT2D eigenvalue weighted by molar-refractivity contribution is 0.221. The molecule has 1 atom stereocenters. The molecule has 0 spiro atoms. The van der Waals surface area contributed by atoms with Gasteiger partial charge in [-0.1, -0.05) is 18.2 Å². The SMILES string of the molecule is BC(=O)Nc1ccccc1C(O)c1ccncc1. The first kappa shape index (κ1) is 12.3. The lowest BCUT2D eigenvalue weighted by atomic mass is 10.00. The lowest BCUT2D eigenvalue weighted by Gasteiger charge is -2.15. The Morgan fingerprint density at radius 3 is 2.56 bits per heavy atom. The Morgan fingerprint density at radius 2 is 1.89 bits per heavy atom. The van der Waals surface area contributed by atoms with Crippen LogP contribution in [0, 0.1) is 0 Å². The van der Waals surface area contributed by atoms with Crippen molar-refractivity contribution in [3.8, 4) is 0 Å². The Kier molecular flexibility index (Phi) is 3.74. The van der Waals surface area contributed by atoms with Crippen molar-refractivity contribution in [1.29, 1.82) is 0 Å². The first-order valence-corrected chi connectivity index (χ1v) is 5.63. The zero-order chi connectivity index (χ0) is 13.0. The number of rotatable bonds is 3. The number of amides is 1. The summed E-state index contributed by atoms with van der Waals surface area (Å²) in [6.45, 7) is 0. The molecule has 5 heteroatoms. The molecule has 1 aromatic carbocycles. The van der Waals surface area contributed by atoms with E-state index >= 15 is 0 Å². The summed E-state index contributed by atoms with van der Waals surface area (Å²) in [4.78, 5) is 15.0. The second kappa shape index (κ2) is 5.47. The molecule has 18 heavy (non-hydrogen) atoms. The van der Waals surface area contributed by atoms with Crippen LogP contribution in [0.25, 0.3) is 0 Å². The third-order valence-electron chi connectivity index (χ3n) is 2.59. The molecular formula is C13H13BN2O2. The molecule has 1 heterocycles. The van der Waals surface area contributed by atoms with Crippen molar-refractivity contribution < 1.29 is 9.90 Å². The number of hydrogen-bond acceptors (Lipinski definition) is 3. The van der Waals surface area contributed by atoms with E-state index in [0.29, 0.717) is 11.3 Å². The number of benzene rings is 1. The van der Waals surface area contributed by atoms with E-state index in [1.807, 2.05) is 12.1 Å². The fourth-order valence-corrected chi connectivity index (χ4v) is 1.76. The second-order valence-corrected chi connectivity index (χ2v) is 3.95. The molecule has 4 nitrogen and oxygen atoms in total. The summed E-state index contributed by atoms with van der Waals surface area (Å²) in [7, 11) is 1.44. The quantitative estimate of drug-likeness (QED) is 0.795. The van der Waals surface area contributed by atoms with Gasteiger partial charge in [0.25, 0.3) is 0 Å². The van der Waals surface area contributed by atoms with Crippen LogP contribution in [0.4, 0.5) is 10.5 Å². The molecule has 2 aromatic rings. The van der Waals surface area contributed by atoms with Gasteiger partial charge in [0.2, 0.25) is 7.85 Å². The van der Waals surface area contributed by atoms with Crippen molar-refractivity contribution in [3.05, 3.63) is 59.9 Å². The number of carbonyl (C=O) groups excluding carboxylic acids is 1. The van der Waals surface area contributed by atoms with Crippen molar-refractivity contribution in [2.75, 3.05) is 5.32 Å². The minimum Gasteiger partial charge on any atom is -0.384 e. The fourth-order valence-electron chi connectivity index (χ4n) is 1.76. The standard InChI is InChI=1S/C13H13BN2O2/c14-13(18)16-11-4-2-1-3-10(11)12(17)9-5-7-15-8-6-9/h1-8,12,17H,14H2,(H,16,18). The maximum atomic E-state index is 11.1. The Bertz CT molecular complexity index is 546. The third kappa shape index (κ3) is 2.75. The molecule has 90 valence electrons. The summed E-state index contributed by atoms with van der Waals surface area (Å²) in [6.07, 6.45) is 2.47. The highest BCUT2D eigenvalue weighted by atomic mass is 16.3. The van der Waals surface area contributed by atoms with Crippen LogP contribution in [0.1, 0.15) is 17.2 Å². The number of carbonyl (C=O) groups is 1. The molecule has 0 radical (unpaired) electrons. The van der Waals surface area contributed by atoms with Crippen LogP contribution in [0.3, 0.4) is 0 Å². The Labute approximate surface area is 106 Å². The minimum atomic E-state index is -0.781. The van der Waals surface area contributed by atoms with E-state index in [9.17, 15) is 9.90 Å².